The molecule has 0 saturated heterocycles. The lowest BCUT2D eigenvalue weighted by Gasteiger charge is -2.09. The van der Waals surface area contributed by atoms with E-state index in [0.29, 0.717) is 17.1 Å². The van der Waals surface area contributed by atoms with E-state index in [9.17, 15) is 9.59 Å². The summed E-state index contributed by atoms with van der Waals surface area (Å²) in [7, 11) is 1.45. The third-order valence-electron chi connectivity index (χ3n) is 3.88. The summed E-state index contributed by atoms with van der Waals surface area (Å²) in [4.78, 5) is 23.9. The zero-order valence-electron chi connectivity index (χ0n) is 16.5. The Hall–Kier alpha value is -4.07. The smallest absolute Gasteiger partial charge is 0.379 e. The monoisotopic (exact) mass is 408 g/mol. The maximum Gasteiger partial charge on any atom is 0.379 e. The number of benzene rings is 2. The predicted molar refractivity (Wildman–Crippen MR) is 109 cm³/mol. The lowest BCUT2D eigenvalue weighted by molar-refractivity contribution is -0.123. The molecule has 0 aliphatic carbocycles. The molecule has 154 valence electrons. The maximum absolute atomic E-state index is 12.0. The van der Waals surface area contributed by atoms with Gasteiger partial charge in [-0.15, -0.1) is 0 Å². The molecule has 0 unspecified atom stereocenters. The normalized spacial score (nSPS) is 10.6. The molecule has 30 heavy (non-hydrogen) atoms. The summed E-state index contributed by atoms with van der Waals surface area (Å²) >= 11 is 0. The van der Waals surface area contributed by atoms with Crippen molar-refractivity contribution in [2.75, 3.05) is 13.7 Å². The number of nitrogens with one attached hydrogen (secondary N) is 1. The summed E-state index contributed by atoms with van der Waals surface area (Å²) in [5.41, 5.74) is 4.05. The van der Waals surface area contributed by atoms with E-state index in [-0.39, 0.29) is 18.1 Å². The third kappa shape index (κ3) is 5.71. The first-order valence-corrected chi connectivity index (χ1v) is 9.00. The van der Waals surface area contributed by atoms with E-state index in [4.69, 9.17) is 18.6 Å². The van der Waals surface area contributed by atoms with Gasteiger partial charge < -0.3 is 18.6 Å². The molecule has 3 rings (SSSR count). The molecular weight excluding hydrogens is 388 g/mol. The Bertz CT molecular complexity index is 1040. The largest absolute Gasteiger partial charge is 0.493 e. The quantitative estimate of drug-likeness (QED) is 0.266. The van der Waals surface area contributed by atoms with Crippen molar-refractivity contribution in [2.24, 2.45) is 5.10 Å². The number of carbonyl (C=O) groups excluding carboxylic acids is 2. The molecular formula is C22H20N2O6. The summed E-state index contributed by atoms with van der Waals surface area (Å²) in [6, 6.07) is 15.3. The van der Waals surface area contributed by atoms with Crippen molar-refractivity contribution < 1.29 is 28.2 Å². The molecule has 0 atom stereocenters. The van der Waals surface area contributed by atoms with Gasteiger partial charge in [0.2, 0.25) is 5.76 Å². The number of amides is 1. The van der Waals surface area contributed by atoms with Crippen molar-refractivity contribution in [3.05, 3.63) is 77.7 Å². The van der Waals surface area contributed by atoms with Gasteiger partial charge in [-0.1, -0.05) is 12.1 Å². The fourth-order valence-electron chi connectivity index (χ4n) is 2.46. The molecule has 1 heterocycles. The van der Waals surface area contributed by atoms with Crippen LogP contribution in [-0.4, -0.2) is 31.8 Å². The van der Waals surface area contributed by atoms with Crippen molar-refractivity contribution in [3.8, 4) is 17.2 Å². The van der Waals surface area contributed by atoms with Crippen LogP contribution in [0.5, 0.6) is 17.2 Å². The highest BCUT2D eigenvalue weighted by Gasteiger charge is 2.14. The second kappa shape index (κ2) is 9.92. The molecule has 3 aromatic rings. The average Bonchev–Trinajstić information content (AvgIpc) is 3.28. The van der Waals surface area contributed by atoms with E-state index >= 15 is 0 Å². The van der Waals surface area contributed by atoms with Crippen LogP contribution >= 0.6 is 0 Å². The van der Waals surface area contributed by atoms with E-state index in [2.05, 4.69) is 10.5 Å². The number of carbonyl (C=O) groups is 2. The molecule has 0 aliphatic heterocycles. The zero-order chi connectivity index (χ0) is 21.3. The maximum atomic E-state index is 12.0. The molecule has 0 saturated carbocycles. The second-order valence-corrected chi connectivity index (χ2v) is 6.18. The van der Waals surface area contributed by atoms with Crippen LogP contribution in [0.15, 0.2) is 70.4 Å². The topological polar surface area (TPSA) is 99.4 Å². The fourth-order valence-corrected chi connectivity index (χ4v) is 2.46. The van der Waals surface area contributed by atoms with Gasteiger partial charge in [-0.05, 0) is 60.5 Å². The van der Waals surface area contributed by atoms with Crippen LogP contribution in [-0.2, 0) is 4.79 Å². The molecule has 0 fully saturated rings. The number of aryl methyl sites for hydroxylation is 1. The number of hydrogen-bond acceptors (Lipinski definition) is 7. The Morgan fingerprint density at radius 1 is 1.10 bits per heavy atom. The summed E-state index contributed by atoms with van der Waals surface area (Å²) in [6.45, 7) is 1.78. The molecule has 1 aromatic heterocycles. The molecule has 1 N–H and O–H groups in total. The molecule has 0 bridgehead atoms. The van der Waals surface area contributed by atoms with E-state index in [0.717, 1.165) is 5.56 Å². The number of hydrogen-bond donors (Lipinski definition) is 1. The van der Waals surface area contributed by atoms with Crippen molar-refractivity contribution in [3.63, 3.8) is 0 Å². The Labute approximate surface area is 173 Å². The first-order chi connectivity index (χ1) is 14.5. The first-order valence-electron chi connectivity index (χ1n) is 9.00. The van der Waals surface area contributed by atoms with Crippen LogP contribution in [0.2, 0.25) is 0 Å². The Kier molecular flexibility index (Phi) is 6.83. The second-order valence-electron chi connectivity index (χ2n) is 6.18. The highest BCUT2D eigenvalue weighted by molar-refractivity contribution is 5.89. The van der Waals surface area contributed by atoms with Gasteiger partial charge in [0.15, 0.2) is 18.1 Å². The van der Waals surface area contributed by atoms with Crippen LogP contribution in [0, 0.1) is 6.92 Å². The highest BCUT2D eigenvalue weighted by Crippen LogP contribution is 2.28. The number of hydrazone groups is 1. The van der Waals surface area contributed by atoms with Gasteiger partial charge >= 0.3 is 5.97 Å². The molecule has 0 radical (unpaired) electrons. The van der Waals surface area contributed by atoms with Gasteiger partial charge in [-0.3, -0.25) is 4.79 Å². The fraction of sp³-hybridized carbons (Fsp3) is 0.136. The lowest BCUT2D eigenvalue weighted by Crippen LogP contribution is -2.24. The van der Waals surface area contributed by atoms with E-state index in [1.807, 2.05) is 25.1 Å². The van der Waals surface area contributed by atoms with Crippen LogP contribution < -0.4 is 19.6 Å². The van der Waals surface area contributed by atoms with Crippen LogP contribution in [0.4, 0.5) is 0 Å². The van der Waals surface area contributed by atoms with Crippen molar-refractivity contribution >= 4 is 18.1 Å². The molecule has 0 aliphatic rings. The molecule has 8 nitrogen and oxygen atoms in total. The minimum atomic E-state index is -0.638. The molecule has 1 amide bonds. The van der Waals surface area contributed by atoms with Gasteiger partial charge in [0.25, 0.3) is 5.91 Å². The SMILES string of the molecule is COc1cc(/C=N\NC(=O)COc2cccc(C)c2)ccc1OC(=O)c1ccco1. The summed E-state index contributed by atoms with van der Waals surface area (Å²) in [5.74, 6) is 0.209. The zero-order valence-corrected chi connectivity index (χ0v) is 16.5. The van der Waals surface area contributed by atoms with Crippen LogP contribution in [0.3, 0.4) is 0 Å². The standard InChI is InChI=1S/C22H20N2O6/c1-15-5-3-6-17(11-15)29-14-21(25)24-23-13-16-8-9-18(20(12-16)27-2)30-22(26)19-7-4-10-28-19/h3-13H,14H2,1-2H3,(H,24,25)/b23-13-. The van der Waals surface area contributed by atoms with Gasteiger partial charge in [0.05, 0.1) is 19.6 Å². The Morgan fingerprint density at radius 2 is 1.97 bits per heavy atom. The van der Waals surface area contributed by atoms with Crippen molar-refractivity contribution in [1.82, 2.24) is 5.43 Å². The number of furan rings is 1. The summed E-state index contributed by atoms with van der Waals surface area (Å²) < 4.78 is 20.9. The Balaban J connectivity index is 1.54. The van der Waals surface area contributed by atoms with Crippen molar-refractivity contribution in [1.29, 1.82) is 0 Å². The average molecular weight is 408 g/mol. The number of nitrogens with zero attached hydrogens (tertiary/aromatic N) is 1. The predicted octanol–water partition coefficient (Wildman–Crippen LogP) is 3.34. The minimum Gasteiger partial charge on any atom is -0.493 e. The van der Waals surface area contributed by atoms with Crippen LogP contribution in [0.25, 0.3) is 0 Å². The number of ether oxygens (including phenoxy) is 3. The lowest BCUT2D eigenvalue weighted by atomic mass is 10.2. The minimum absolute atomic E-state index is 0.0817. The van der Waals surface area contributed by atoms with Crippen LogP contribution in [0.1, 0.15) is 21.7 Å². The number of rotatable bonds is 8. The Morgan fingerprint density at radius 3 is 2.70 bits per heavy atom. The van der Waals surface area contributed by atoms with Gasteiger partial charge in [-0.2, -0.15) is 5.10 Å². The van der Waals surface area contributed by atoms with E-state index in [1.54, 1.807) is 30.3 Å². The van der Waals surface area contributed by atoms with Gasteiger partial charge in [0, 0.05) is 0 Å². The first kappa shape index (κ1) is 20.7. The number of esters is 1. The molecule has 0 spiro atoms. The van der Waals surface area contributed by atoms with Crippen molar-refractivity contribution in [2.45, 2.75) is 6.92 Å². The summed E-state index contributed by atoms with van der Waals surface area (Å²) in [6.07, 6.45) is 2.82. The molecule has 8 heteroatoms. The third-order valence-corrected chi connectivity index (χ3v) is 3.88. The molecule has 2 aromatic carbocycles. The highest BCUT2D eigenvalue weighted by atomic mass is 16.6. The van der Waals surface area contributed by atoms with E-state index in [1.165, 1.54) is 25.7 Å². The van der Waals surface area contributed by atoms with Gasteiger partial charge in [0.1, 0.15) is 5.75 Å². The van der Waals surface area contributed by atoms with E-state index < -0.39 is 11.9 Å². The number of methoxy groups -OCH3 is 1. The summed E-state index contributed by atoms with van der Waals surface area (Å²) in [5, 5.41) is 3.90. The van der Waals surface area contributed by atoms with Gasteiger partial charge in [-0.25, -0.2) is 10.2 Å².